The normalized spacial score (nSPS) is 11.2. The van der Waals surface area contributed by atoms with Crippen molar-refractivity contribution in [3.05, 3.63) is 58.8 Å². The highest BCUT2D eigenvalue weighted by molar-refractivity contribution is 5.93. The van der Waals surface area contributed by atoms with Crippen molar-refractivity contribution in [2.75, 3.05) is 0 Å². The first-order valence-electron chi connectivity index (χ1n) is 6.60. The number of pyridine rings is 1. The van der Waals surface area contributed by atoms with Gasteiger partial charge in [-0.05, 0) is 12.0 Å². The van der Waals surface area contributed by atoms with Gasteiger partial charge in [0.2, 0.25) is 0 Å². The van der Waals surface area contributed by atoms with E-state index in [2.05, 4.69) is 15.0 Å². The average Bonchev–Trinajstić information content (AvgIpc) is 2.46. The van der Waals surface area contributed by atoms with Crippen molar-refractivity contribution in [2.24, 2.45) is 0 Å². The number of benzene rings is 1. The van der Waals surface area contributed by atoms with Crippen molar-refractivity contribution < 1.29 is 0 Å². The Hall–Kier alpha value is -2.49. The first kappa shape index (κ1) is 12.5. The molecule has 0 unspecified atom stereocenters. The first-order valence-corrected chi connectivity index (χ1v) is 6.60. The second-order valence-corrected chi connectivity index (χ2v) is 5.03. The van der Waals surface area contributed by atoms with Crippen LogP contribution in [0.1, 0.15) is 25.3 Å². The molecule has 0 atom stereocenters. The quantitative estimate of drug-likeness (QED) is 0.774. The van der Waals surface area contributed by atoms with E-state index < -0.39 is 0 Å². The maximum Gasteiger partial charge on any atom is 0.254 e. The van der Waals surface area contributed by atoms with Crippen LogP contribution in [0.3, 0.4) is 0 Å². The van der Waals surface area contributed by atoms with Crippen molar-refractivity contribution in [1.82, 2.24) is 15.0 Å². The van der Waals surface area contributed by atoms with Crippen LogP contribution < -0.4 is 5.56 Å². The standard InChI is InChI=1S/C16H15N3O/c1-10(2)13-15(18-9-19-16(13)20)12-7-3-5-11-6-4-8-17-14(11)12/h3-10H,1-2H3,(H,18,19,20). The molecule has 2 heterocycles. The molecule has 4 heteroatoms. The maximum absolute atomic E-state index is 12.1. The number of para-hydroxylation sites is 1. The van der Waals surface area contributed by atoms with Crippen LogP contribution in [0.5, 0.6) is 0 Å². The highest BCUT2D eigenvalue weighted by Crippen LogP contribution is 2.29. The van der Waals surface area contributed by atoms with Crippen molar-refractivity contribution >= 4 is 10.9 Å². The summed E-state index contributed by atoms with van der Waals surface area (Å²) >= 11 is 0. The second-order valence-electron chi connectivity index (χ2n) is 5.03. The highest BCUT2D eigenvalue weighted by atomic mass is 16.1. The van der Waals surface area contributed by atoms with E-state index >= 15 is 0 Å². The Morgan fingerprint density at radius 3 is 2.70 bits per heavy atom. The number of hydrogen-bond acceptors (Lipinski definition) is 3. The molecule has 0 radical (unpaired) electrons. The van der Waals surface area contributed by atoms with Crippen LogP contribution in [0.2, 0.25) is 0 Å². The second kappa shape index (κ2) is 4.89. The van der Waals surface area contributed by atoms with Crippen LogP contribution in [0.4, 0.5) is 0 Å². The number of nitrogens with one attached hydrogen (secondary N) is 1. The first-order chi connectivity index (χ1) is 9.68. The lowest BCUT2D eigenvalue weighted by atomic mass is 9.97. The van der Waals surface area contributed by atoms with Gasteiger partial charge in [0.1, 0.15) is 0 Å². The number of aromatic nitrogens is 3. The summed E-state index contributed by atoms with van der Waals surface area (Å²) in [7, 11) is 0. The minimum atomic E-state index is -0.0852. The minimum absolute atomic E-state index is 0.0852. The molecule has 0 bridgehead atoms. The zero-order chi connectivity index (χ0) is 14.1. The van der Waals surface area contributed by atoms with Gasteiger partial charge < -0.3 is 4.98 Å². The summed E-state index contributed by atoms with van der Waals surface area (Å²) in [5.41, 5.74) is 3.10. The highest BCUT2D eigenvalue weighted by Gasteiger charge is 2.16. The molecule has 3 rings (SSSR count). The van der Waals surface area contributed by atoms with E-state index in [-0.39, 0.29) is 11.5 Å². The summed E-state index contributed by atoms with van der Waals surface area (Å²) < 4.78 is 0. The van der Waals surface area contributed by atoms with E-state index in [1.165, 1.54) is 6.33 Å². The Balaban J connectivity index is 2.38. The summed E-state index contributed by atoms with van der Waals surface area (Å²) in [6.45, 7) is 3.99. The lowest BCUT2D eigenvalue weighted by molar-refractivity contribution is 0.834. The van der Waals surface area contributed by atoms with Crippen LogP contribution in [0.15, 0.2) is 47.7 Å². The molecule has 0 aliphatic carbocycles. The molecule has 100 valence electrons. The molecule has 1 aromatic carbocycles. The molecule has 0 saturated carbocycles. The third-order valence-corrected chi connectivity index (χ3v) is 3.35. The Labute approximate surface area is 116 Å². The van der Waals surface area contributed by atoms with Gasteiger partial charge in [0, 0.05) is 22.7 Å². The van der Waals surface area contributed by atoms with Crippen LogP contribution in [-0.4, -0.2) is 15.0 Å². The number of rotatable bonds is 2. The SMILES string of the molecule is CC(C)c1c(-c2cccc3cccnc23)nc[nH]c1=O. The predicted molar refractivity (Wildman–Crippen MR) is 79.7 cm³/mol. The molecule has 0 spiro atoms. The minimum Gasteiger partial charge on any atom is -0.313 e. The van der Waals surface area contributed by atoms with Gasteiger partial charge in [0.15, 0.2) is 0 Å². The number of nitrogens with zero attached hydrogens (tertiary/aromatic N) is 2. The van der Waals surface area contributed by atoms with Crippen LogP contribution in [0.25, 0.3) is 22.2 Å². The summed E-state index contributed by atoms with van der Waals surface area (Å²) in [4.78, 5) is 23.5. The van der Waals surface area contributed by atoms with Gasteiger partial charge in [-0.1, -0.05) is 38.1 Å². The van der Waals surface area contributed by atoms with E-state index in [0.717, 1.165) is 16.5 Å². The molecule has 0 aliphatic heterocycles. The molecule has 2 aromatic heterocycles. The van der Waals surface area contributed by atoms with Crippen LogP contribution >= 0.6 is 0 Å². The summed E-state index contributed by atoms with van der Waals surface area (Å²) in [5.74, 6) is 0.0985. The van der Waals surface area contributed by atoms with E-state index in [4.69, 9.17) is 0 Å². The number of hydrogen-bond donors (Lipinski definition) is 1. The van der Waals surface area contributed by atoms with E-state index in [9.17, 15) is 4.79 Å². The van der Waals surface area contributed by atoms with Gasteiger partial charge in [-0.15, -0.1) is 0 Å². The smallest absolute Gasteiger partial charge is 0.254 e. The Morgan fingerprint density at radius 1 is 1.10 bits per heavy atom. The Bertz CT molecular complexity index is 816. The van der Waals surface area contributed by atoms with Gasteiger partial charge in [-0.25, -0.2) is 4.98 Å². The summed E-state index contributed by atoms with van der Waals surface area (Å²) in [5, 5.41) is 1.04. The summed E-state index contributed by atoms with van der Waals surface area (Å²) in [6, 6.07) is 9.85. The zero-order valence-electron chi connectivity index (χ0n) is 11.4. The molecular weight excluding hydrogens is 250 g/mol. The summed E-state index contributed by atoms with van der Waals surface area (Å²) in [6.07, 6.45) is 3.21. The molecule has 0 aliphatic rings. The van der Waals surface area contributed by atoms with Crippen molar-refractivity contribution in [3.63, 3.8) is 0 Å². The fraction of sp³-hybridized carbons (Fsp3) is 0.188. The number of fused-ring (bicyclic) bond motifs is 1. The van der Waals surface area contributed by atoms with Crippen molar-refractivity contribution in [3.8, 4) is 11.3 Å². The van der Waals surface area contributed by atoms with Crippen LogP contribution in [0, 0.1) is 0 Å². The van der Waals surface area contributed by atoms with E-state index in [1.54, 1.807) is 6.20 Å². The lowest BCUT2D eigenvalue weighted by Gasteiger charge is -2.11. The fourth-order valence-electron chi connectivity index (χ4n) is 2.46. The molecule has 4 nitrogen and oxygen atoms in total. The molecule has 3 aromatic rings. The van der Waals surface area contributed by atoms with E-state index in [0.29, 0.717) is 11.3 Å². The monoisotopic (exact) mass is 265 g/mol. The molecule has 0 amide bonds. The molecule has 1 N–H and O–H groups in total. The zero-order valence-corrected chi connectivity index (χ0v) is 11.4. The predicted octanol–water partition coefficient (Wildman–Crippen LogP) is 3.11. The van der Waals surface area contributed by atoms with Gasteiger partial charge in [-0.2, -0.15) is 0 Å². The number of aromatic amines is 1. The third-order valence-electron chi connectivity index (χ3n) is 3.35. The van der Waals surface area contributed by atoms with Gasteiger partial charge in [-0.3, -0.25) is 9.78 Å². The fourth-order valence-corrected chi connectivity index (χ4v) is 2.46. The van der Waals surface area contributed by atoms with Gasteiger partial charge >= 0.3 is 0 Å². The topological polar surface area (TPSA) is 58.6 Å². The third kappa shape index (κ3) is 1.99. The van der Waals surface area contributed by atoms with Crippen molar-refractivity contribution in [1.29, 1.82) is 0 Å². The Kier molecular flexibility index (Phi) is 3.06. The molecule has 0 fully saturated rings. The van der Waals surface area contributed by atoms with Gasteiger partial charge in [0.05, 0.1) is 17.5 Å². The lowest BCUT2D eigenvalue weighted by Crippen LogP contribution is -2.16. The average molecular weight is 265 g/mol. The van der Waals surface area contributed by atoms with Crippen molar-refractivity contribution in [2.45, 2.75) is 19.8 Å². The molecule has 0 saturated heterocycles. The maximum atomic E-state index is 12.1. The molecular formula is C16H15N3O. The van der Waals surface area contributed by atoms with Gasteiger partial charge in [0.25, 0.3) is 5.56 Å². The largest absolute Gasteiger partial charge is 0.313 e. The molecule has 20 heavy (non-hydrogen) atoms. The van der Waals surface area contributed by atoms with E-state index in [1.807, 2.05) is 44.2 Å². The van der Waals surface area contributed by atoms with Crippen LogP contribution in [-0.2, 0) is 0 Å². The Morgan fingerprint density at radius 2 is 1.90 bits per heavy atom. The number of H-pyrrole nitrogens is 1.